The molecule has 5 nitrogen and oxygen atoms in total. The Kier molecular flexibility index (Phi) is 3.48. The highest BCUT2D eigenvalue weighted by Gasteiger charge is 2.17. The molecule has 0 spiro atoms. The zero-order valence-corrected chi connectivity index (χ0v) is 12.2. The van der Waals surface area contributed by atoms with Crippen molar-refractivity contribution >= 4 is 22.7 Å². The van der Waals surface area contributed by atoms with Gasteiger partial charge in [-0.25, -0.2) is 13.8 Å². The summed E-state index contributed by atoms with van der Waals surface area (Å²) >= 11 is 0. The molecule has 23 heavy (non-hydrogen) atoms. The third-order valence-electron chi connectivity index (χ3n) is 3.62. The van der Waals surface area contributed by atoms with Crippen LogP contribution in [0.1, 0.15) is 5.56 Å². The van der Waals surface area contributed by atoms with Crippen LogP contribution in [0, 0.1) is 18.6 Å². The summed E-state index contributed by atoms with van der Waals surface area (Å²) in [6.45, 7) is 1.41. The number of aromatic nitrogens is 2. The van der Waals surface area contributed by atoms with Crippen molar-refractivity contribution in [3.8, 4) is 11.4 Å². The molecule has 118 valence electrons. The molecule has 3 rings (SSSR count). The summed E-state index contributed by atoms with van der Waals surface area (Å²) in [4.78, 5) is 15.4. The van der Waals surface area contributed by atoms with Gasteiger partial charge in [0.25, 0.3) is 0 Å². The average molecular weight is 317 g/mol. The van der Waals surface area contributed by atoms with Crippen LogP contribution in [0.2, 0.25) is 0 Å². The Hall–Kier alpha value is -2.96. The van der Waals surface area contributed by atoms with E-state index in [1.165, 1.54) is 4.57 Å². The Morgan fingerprint density at radius 3 is 2.61 bits per heavy atom. The number of hydrogen-bond acceptors (Lipinski definition) is 3. The third-order valence-corrected chi connectivity index (χ3v) is 3.62. The first-order chi connectivity index (χ1) is 10.9. The zero-order valence-electron chi connectivity index (χ0n) is 12.2. The van der Waals surface area contributed by atoms with Gasteiger partial charge in [-0.15, -0.1) is 0 Å². The highest BCUT2D eigenvalue weighted by atomic mass is 19.2. The fourth-order valence-corrected chi connectivity index (χ4v) is 2.42. The summed E-state index contributed by atoms with van der Waals surface area (Å²) in [6, 6.07) is 7.06. The molecule has 0 unspecified atom stereocenters. The summed E-state index contributed by atoms with van der Waals surface area (Å²) in [5.41, 5.74) is 8.23. The van der Waals surface area contributed by atoms with Gasteiger partial charge in [-0.05, 0) is 18.6 Å². The number of rotatable bonds is 3. The van der Waals surface area contributed by atoms with Gasteiger partial charge >= 0.3 is 5.97 Å². The molecule has 0 aliphatic rings. The molecule has 2 aromatic carbocycles. The number of fused-ring (bicyclic) bond motifs is 1. The van der Waals surface area contributed by atoms with E-state index in [1.807, 2.05) is 6.92 Å². The molecule has 0 bridgehead atoms. The van der Waals surface area contributed by atoms with Crippen molar-refractivity contribution in [1.82, 2.24) is 9.55 Å². The second-order valence-corrected chi connectivity index (χ2v) is 5.24. The number of carbonyl (C=O) groups is 1. The first kappa shape index (κ1) is 15.0. The predicted molar refractivity (Wildman–Crippen MR) is 81.9 cm³/mol. The van der Waals surface area contributed by atoms with Crippen LogP contribution >= 0.6 is 0 Å². The molecule has 0 saturated carbocycles. The van der Waals surface area contributed by atoms with Crippen LogP contribution in [0.5, 0.6) is 0 Å². The zero-order chi connectivity index (χ0) is 16.7. The SMILES string of the molecule is Cc1ccc(-c2nc3cc(F)c(F)cc3n2CC(=O)O)cc1N. The van der Waals surface area contributed by atoms with Crippen LogP contribution in [0.25, 0.3) is 22.4 Å². The van der Waals surface area contributed by atoms with Crippen LogP contribution in [0.4, 0.5) is 14.5 Å². The van der Waals surface area contributed by atoms with E-state index in [0.29, 0.717) is 17.1 Å². The number of nitrogens with zero attached hydrogens (tertiary/aromatic N) is 2. The van der Waals surface area contributed by atoms with E-state index in [9.17, 15) is 13.6 Å². The van der Waals surface area contributed by atoms with E-state index < -0.39 is 24.1 Å². The molecule has 0 amide bonds. The molecular weight excluding hydrogens is 304 g/mol. The minimum Gasteiger partial charge on any atom is -0.480 e. The van der Waals surface area contributed by atoms with E-state index in [4.69, 9.17) is 10.8 Å². The Labute approximate surface area is 130 Å². The van der Waals surface area contributed by atoms with Gasteiger partial charge in [-0.3, -0.25) is 4.79 Å². The fraction of sp³-hybridized carbons (Fsp3) is 0.125. The molecule has 0 saturated heterocycles. The van der Waals surface area contributed by atoms with E-state index in [2.05, 4.69) is 4.98 Å². The van der Waals surface area contributed by atoms with Gasteiger partial charge in [0.1, 0.15) is 12.4 Å². The maximum atomic E-state index is 13.5. The molecule has 0 atom stereocenters. The molecule has 3 aromatic rings. The van der Waals surface area contributed by atoms with E-state index >= 15 is 0 Å². The Morgan fingerprint density at radius 1 is 1.26 bits per heavy atom. The average Bonchev–Trinajstić information content (AvgIpc) is 2.80. The minimum absolute atomic E-state index is 0.180. The molecule has 1 aromatic heterocycles. The van der Waals surface area contributed by atoms with Crippen LogP contribution in [0.3, 0.4) is 0 Å². The highest BCUT2D eigenvalue weighted by molar-refractivity contribution is 5.83. The largest absolute Gasteiger partial charge is 0.480 e. The van der Waals surface area contributed by atoms with Crippen molar-refractivity contribution in [1.29, 1.82) is 0 Å². The van der Waals surface area contributed by atoms with Crippen molar-refractivity contribution in [2.45, 2.75) is 13.5 Å². The van der Waals surface area contributed by atoms with E-state index in [0.717, 1.165) is 17.7 Å². The second kappa shape index (κ2) is 5.35. The number of halogens is 2. The maximum Gasteiger partial charge on any atom is 0.323 e. The molecule has 3 N–H and O–H groups in total. The topological polar surface area (TPSA) is 81.1 Å². The van der Waals surface area contributed by atoms with Gasteiger partial charge in [0.2, 0.25) is 0 Å². The van der Waals surface area contributed by atoms with Gasteiger partial charge in [0.15, 0.2) is 11.6 Å². The fourth-order valence-electron chi connectivity index (χ4n) is 2.42. The van der Waals surface area contributed by atoms with Crippen molar-refractivity contribution in [3.63, 3.8) is 0 Å². The van der Waals surface area contributed by atoms with Gasteiger partial charge in [-0.2, -0.15) is 0 Å². The summed E-state index contributed by atoms with van der Waals surface area (Å²) in [5.74, 6) is -2.92. The van der Waals surface area contributed by atoms with Gasteiger partial charge in [-0.1, -0.05) is 12.1 Å². The third kappa shape index (κ3) is 2.61. The number of carboxylic acid groups (broad SMARTS) is 1. The van der Waals surface area contributed by atoms with E-state index in [-0.39, 0.29) is 11.0 Å². The lowest BCUT2D eigenvalue weighted by Gasteiger charge is -2.08. The van der Waals surface area contributed by atoms with Crippen LogP contribution in [-0.4, -0.2) is 20.6 Å². The molecule has 0 aliphatic heterocycles. The van der Waals surface area contributed by atoms with Crippen LogP contribution < -0.4 is 5.73 Å². The van der Waals surface area contributed by atoms with Crippen molar-refractivity contribution < 1.29 is 18.7 Å². The highest BCUT2D eigenvalue weighted by Crippen LogP contribution is 2.28. The molecular formula is C16H13F2N3O2. The number of hydrogen-bond donors (Lipinski definition) is 2. The molecule has 0 radical (unpaired) electrons. The van der Waals surface area contributed by atoms with Crippen molar-refractivity contribution in [2.75, 3.05) is 5.73 Å². The number of carboxylic acids is 1. The number of nitrogen functional groups attached to an aromatic ring is 1. The summed E-state index contributed by atoms with van der Waals surface area (Å²) in [7, 11) is 0. The lowest BCUT2D eigenvalue weighted by Crippen LogP contribution is -2.10. The first-order valence-corrected chi connectivity index (χ1v) is 6.80. The smallest absolute Gasteiger partial charge is 0.323 e. The maximum absolute atomic E-state index is 13.5. The lowest BCUT2D eigenvalue weighted by atomic mass is 10.1. The van der Waals surface area contributed by atoms with Gasteiger partial charge in [0.05, 0.1) is 11.0 Å². The molecule has 0 fully saturated rings. The number of nitrogens with two attached hydrogens (primary N) is 1. The Balaban J connectivity index is 2.29. The molecule has 7 heteroatoms. The quantitative estimate of drug-likeness (QED) is 0.728. The predicted octanol–water partition coefficient (Wildman–Crippen LogP) is 2.96. The van der Waals surface area contributed by atoms with Gasteiger partial charge < -0.3 is 15.4 Å². The standard InChI is InChI=1S/C16H13F2N3O2/c1-8-2-3-9(4-12(8)19)16-20-13-5-10(17)11(18)6-14(13)21(16)7-15(22)23/h2-6H,7,19H2,1H3,(H,22,23). The normalized spacial score (nSPS) is 11.1. The summed E-state index contributed by atoms with van der Waals surface area (Å²) < 4.78 is 28.2. The second-order valence-electron chi connectivity index (χ2n) is 5.24. The number of anilines is 1. The first-order valence-electron chi connectivity index (χ1n) is 6.80. The minimum atomic E-state index is -1.12. The molecule has 1 heterocycles. The number of aryl methyl sites for hydroxylation is 1. The van der Waals surface area contributed by atoms with Crippen molar-refractivity contribution in [3.05, 3.63) is 47.5 Å². The Morgan fingerprint density at radius 2 is 1.96 bits per heavy atom. The summed E-state index contributed by atoms with van der Waals surface area (Å²) in [5, 5.41) is 9.10. The van der Waals surface area contributed by atoms with E-state index in [1.54, 1.807) is 18.2 Å². The number of benzene rings is 2. The van der Waals surface area contributed by atoms with Gasteiger partial charge in [0, 0.05) is 23.4 Å². The molecule has 0 aliphatic carbocycles. The lowest BCUT2D eigenvalue weighted by molar-refractivity contribution is -0.137. The van der Waals surface area contributed by atoms with Crippen LogP contribution in [-0.2, 0) is 11.3 Å². The van der Waals surface area contributed by atoms with Crippen molar-refractivity contribution in [2.24, 2.45) is 0 Å². The van der Waals surface area contributed by atoms with Crippen LogP contribution in [0.15, 0.2) is 30.3 Å². The number of imidazole rings is 1. The monoisotopic (exact) mass is 317 g/mol. The summed E-state index contributed by atoms with van der Waals surface area (Å²) in [6.07, 6.45) is 0. The Bertz CT molecular complexity index is 935. The number of aliphatic carboxylic acids is 1.